The molecule has 1 saturated heterocycles. The predicted octanol–water partition coefficient (Wildman–Crippen LogP) is 7.07. The Morgan fingerprint density at radius 2 is 1.90 bits per heavy atom. The van der Waals surface area contributed by atoms with Gasteiger partial charge in [-0.2, -0.15) is 0 Å². The summed E-state index contributed by atoms with van der Waals surface area (Å²) < 4.78 is 4.37. The lowest BCUT2D eigenvalue weighted by atomic mass is 9.77. The summed E-state index contributed by atoms with van der Waals surface area (Å²) in [5.74, 6) is 1.05. The molecule has 2 fully saturated rings. The minimum absolute atomic E-state index is 0.127. The average Bonchev–Trinajstić information content (AvgIpc) is 2.97. The number of hydrogen-bond donors (Lipinski definition) is 1. The highest BCUT2D eigenvalue weighted by atomic mass is 35.5. The first-order chi connectivity index (χ1) is 19.0. The van der Waals surface area contributed by atoms with Crippen molar-refractivity contribution in [2.75, 3.05) is 19.6 Å². The van der Waals surface area contributed by atoms with Crippen molar-refractivity contribution < 1.29 is 4.79 Å². The molecule has 6 nitrogen and oxygen atoms in total. The number of aliphatic imine (C=N–C) groups is 1. The van der Waals surface area contributed by atoms with Crippen LogP contribution in [0.2, 0.25) is 5.02 Å². The molecule has 1 N–H and O–H groups in total. The number of amides is 2. The van der Waals surface area contributed by atoms with Crippen molar-refractivity contribution >= 4 is 29.4 Å². The molecule has 3 aliphatic rings. The highest BCUT2D eigenvalue weighted by Gasteiger charge is 2.32. The zero-order valence-corrected chi connectivity index (χ0v) is 24.3. The van der Waals surface area contributed by atoms with Crippen LogP contribution in [0.5, 0.6) is 0 Å². The van der Waals surface area contributed by atoms with E-state index in [9.17, 15) is 4.79 Å². The number of hydrogen-bond acceptors (Lipinski definition) is 2. The molecule has 0 bridgehead atoms. The molecule has 2 unspecified atom stereocenters. The molecule has 39 heavy (non-hydrogen) atoms. The number of carbonyl (C=O) groups is 1. The van der Waals surface area contributed by atoms with Crippen molar-refractivity contribution in [1.82, 2.24) is 19.6 Å². The van der Waals surface area contributed by atoms with Crippen molar-refractivity contribution in [3.05, 3.63) is 65.0 Å². The van der Waals surface area contributed by atoms with Gasteiger partial charge in [0.2, 0.25) is 0 Å². The Bertz CT molecular complexity index is 1190. The summed E-state index contributed by atoms with van der Waals surface area (Å²) in [5, 5.41) is 4.09. The number of piperidine rings is 1. The summed E-state index contributed by atoms with van der Waals surface area (Å²) in [6.45, 7) is 5.51. The van der Waals surface area contributed by atoms with Crippen LogP contribution in [0.15, 0.2) is 53.8 Å². The van der Waals surface area contributed by atoms with Crippen LogP contribution in [0.4, 0.5) is 4.79 Å². The number of aryl methyl sites for hydroxylation is 2. The van der Waals surface area contributed by atoms with E-state index in [2.05, 4.69) is 71.4 Å². The smallest absolute Gasteiger partial charge is 0.317 e. The first-order valence-corrected chi connectivity index (χ1v) is 15.3. The molecule has 5 rings (SSSR count). The third-order valence-corrected chi connectivity index (χ3v) is 9.17. The topological polar surface area (TPSA) is 54.6 Å². The minimum atomic E-state index is 0.127. The van der Waals surface area contributed by atoms with Gasteiger partial charge in [-0.25, -0.2) is 4.79 Å². The number of aromatic nitrogens is 2. The first-order valence-electron chi connectivity index (χ1n) is 14.9. The molecule has 2 aromatic rings. The van der Waals surface area contributed by atoms with E-state index in [0.29, 0.717) is 17.9 Å². The lowest BCUT2D eigenvalue weighted by Crippen LogP contribution is -2.48. The Labute approximate surface area is 238 Å². The van der Waals surface area contributed by atoms with E-state index in [-0.39, 0.29) is 11.9 Å². The fourth-order valence-corrected chi connectivity index (χ4v) is 6.72. The maximum atomic E-state index is 13.0. The van der Waals surface area contributed by atoms with Gasteiger partial charge in [-0.15, -0.1) is 0 Å². The molecule has 2 amide bonds. The summed E-state index contributed by atoms with van der Waals surface area (Å²) in [6.07, 6.45) is 21.8. The van der Waals surface area contributed by atoms with Gasteiger partial charge in [0.1, 0.15) is 0 Å². The quantitative estimate of drug-likeness (QED) is 0.426. The van der Waals surface area contributed by atoms with Crippen LogP contribution < -0.4 is 5.32 Å². The number of nitrogens with one attached hydrogen (secondary N) is 1. The van der Waals surface area contributed by atoms with Gasteiger partial charge in [0.15, 0.2) is 0 Å². The Morgan fingerprint density at radius 1 is 1.10 bits per heavy atom. The third-order valence-electron chi connectivity index (χ3n) is 8.93. The Balaban J connectivity index is 1.36. The van der Waals surface area contributed by atoms with Gasteiger partial charge >= 0.3 is 6.03 Å². The SMILES string of the molecule is CC1/C=C\C=NCC(C2CCN(C(=O)NC3CCCCC3)CC2)c2ccc(Cl)cc2/C(CCn2ccn2C)=C\1. The second-order valence-corrected chi connectivity index (χ2v) is 12.1. The number of rotatable bonds is 5. The van der Waals surface area contributed by atoms with Crippen LogP contribution in [0.25, 0.3) is 5.57 Å². The van der Waals surface area contributed by atoms with E-state index >= 15 is 0 Å². The lowest BCUT2D eigenvalue weighted by molar-refractivity contribution is 0.158. The fraction of sp³-hybridized carbons (Fsp3) is 0.562. The summed E-state index contributed by atoms with van der Waals surface area (Å²) in [4.78, 5) is 19.9. The number of halogens is 1. The molecule has 1 saturated carbocycles. The fourth-order valence-electron chi connectivity index (χ4n) is 6.55. The van der Waals surface area contributed by atoms with E-state index < -0.39 is 0 Å². The van der Waals surface area contributed by atoms with Crippen molar-refractivity contribution in [1.29, 1.82) is 0 Å². The van der Waals surface area contributed by atoms with Crippen LogP contribution in [0.1, 0.15) is 75.3 Å². The third kappa shape index (κ3) is 7.08. The molecule has 0 spiro atoms. The number of nitrogens with zero attached hydrogens (tertiary/aromatic N) is 4. The van der Waals surface area contributed by atoms with Crippen LogP contribution in [-0.4, -0.2) is 52.2 Å². The Hall–Kier alpha value is -2.73. The zero-order valence-electron chi connectivity index (χ0n) is 23.6. The highest BCUT2D eigenvalue weighted by Crippen LogP contribution is 2.39. The number of likely N-dealkylation sites (tertiary alicyclic amines) is 1. The molecule has 210 valence electrons. The van der Waals surface area contributed by atoms with Gasteiger partial charge in [-0.05, 0) is 78.8 Å². The van der Waals surface area contributed by atoms with Crippen LogP contribution in [0, 0.1) is 11.8 Å². The average molecular weight is 550 g/mol. The van der Waals surface area contributed by atoms with Gasteiger partial charge in [0.25, 0.3) is 0 Å². The van der Waals surface area contributed by atoms with Crippen molar-refractivity contribution in [3.63, 3.8) is 0 Å². The maximum absolute atomic E-state index is 13.0. The molecule has 7 heteroatoms. The van der Waals surface area contributed by atoms with Crippen LogP contribution in [-0.2, 0) is 13.6 Å². The largest absolute Gasteiger partial charge is 0.335 e. The highest BCUT2D eigenvalue weighted by molar-refractivity contribution is 6.30. The lowest BCUT2D eigenvalue weighted by Gasteiger charge is -2.37. The van der Waals surface area contributed by atoms with Gasteiger partial charge < -0.3 is 10.2 Å². The van der Waals surface area contributed by atoms with Crippen molar-refractivity contribution in [2.45, 2.75) is 76.8 Å². The Kier molecular flexibility index (Phi) is 9.33. The molecule has 2 atom stereocenters. The van der Waals surface area contributed by atoms with E-state index in [1.165, 1.54) is 36.0 Å². The van der Waals surface area contributed by atoms with Crippen molar-refractivity contribution in [2.24, 2.45) is 23.9 Å². The summed E-state index contributed by atoms with van der Waals surface area (Å²) in [6, 6.07) is 6.91. The van der Waals surface area contributed by atoms with E-state index in [1.54, 1.807) is 0 Å². The molecular formula is C32H44ClN5O. The molecule has 2 aliphatic heterocycles. The predicted molar refractivity (Wildman–Crippen MR) is 162 cm³/mol. The summed E-state index contributed by atoms with van der Waals surface area (Å²) >= 11 is 6.62. The summed E-state index contributed by atoms with van der Waals surface area (Å²) in [5.41, 5.74) is 3.94. The van der Waals surface area contributed by atoms with E-state index in [0.717, 1.165) is 63.3 Å². The maximum Gasteiger partial charge on any atom is 0.317 e. The van der Waals surface area contributed by atoms with Crippen molar-refractivity contribution in [3.8, 4) is 0 Å². The Morgan fingerprint density at radius 3 is 2.62 bits per heavy atom. The number of urea groups is 1. The van der Waals surface area contributed by atoms with E-state index in [1.807, 2.05) is 17.2 Å². The number of allylic oxidation sites excluding steroid dienone is 4. The second kappa shape index (κ2) is 13.1. The molecule has 1 aliphatic carbocycles. The van der Waals surface area contributed by atoms with Crippen LogP contribution in [0.3, 0.4) is 0 Å². The zero-order chi connectivity index (χ0) is 27.2. The number of carbonyl (C=O) groups excluding carboxylic acids is 1. The molecule has 1 aromatic carbocycles. The minimum Gasteiger partial charge on any atom is -0.335 e. The second-order valence-electron chi connectivity index (χ2n) is 11.7. The van der Waals surface area contributed by atoms with Crippen LogP contribution >= 0.6 is 11.6 Å². The van der Waals surface area contributed by atoms with Gasteiger partial charge in [0, 0.05) is 68.8 Å². The molecule has 0 radical (unpaired) electrons. The standard InChI is InChI=1S/C32H44ClN5O/c1-24-7-6-15-34-23-31(25-12-16-37(17-13-25)32(39)35-28-8-4-3-5-9-28)29-11-10-27(33)22-30(29)26(21-24)14-18-38-20-19-36(38)2/h6-7,10-11,15,19-22,24-25,28,31H,3-5,8-9,12-14,16-18,23H2,1-2H3,(H,35,39)/b7-6-,26-21-,34-15?. The van der Waals surface area contributed by atoms with Gasteiger partial charge in [-0.3, -0.25) is 14.4 Å². The van der Waals surface area contributed by atoms with Gasteiger partial charge in [0.05, 0.1) is 0 Å². The van der Waals surface area contributed by atoms with E-state index in [4.69, 9.17) is 16.6 Å². The summed E-state index contributed by atoms with van der Waals surface area (Å²) in [7, 11) is 2.08. The molecule has 3 heterocycles. The number of benzene rings is 1. The first kappa shape index (κ1) is 27.8. The van der Waals surface area contributed by atoms with Gasteiger partial charge in [-0.1, -0.05) is 56.0 Å². The number of fused-ring (bicyclic) bond motifs is 1. The monoisotopic (exact) mass is 549 g/mol. The normalized spacial score (nSPS) is 25.4. The molecular weight excluding hydrogens is 506 g/mol. The molecule has 1 aromatic heterocycles.